The molecule has 0 radical (unpaired) electrons. The molecule has 20 heavy (non-hydrogen) atoms. The molecule has 2 aromatic rings. The third-order valence-corrected chi connectivity index (χ3v) is 3.90. The Hall–Kier alpha value is -1.88. The summed E-state index contributed by atoms with van der Waals surface area (Å²) in [6, 6.07) is 5.68. The van der Waals surface area contributed by atoms with Crippen LogP contribution in [-0.4, -0.2) is 27.6 Å². The number of methoxy groups -OCH3 is 1. The van der Waals surface area contributed by atoms with Crippen LogP contribution in [-0.2, 0) is 22.5 Å². The number of ether oxygens (including phenoxy) is 1. The van der Waals surface area contributed by atoms with E-state index in [1.54, 1.807) is 6.20 Å². The van der Waals surface area contributed by atoms with E-state index < -0.39 is 0 Å². The van der Waals surface area contributed by atoms with Crippen molar-refractivity contribution in [2.75, 3.05) is 7.11 Å². The van der Waals surface area contributed by atoms with Crippen LogP contribution in [0.15, 0.2) is 24.4 Å². The molecule has 6 heteroatoms. The standard InChI is InChI=1S/C14H14ClN3O2/c1-20-14(19)9-5-7-18-11(8-9)12(15)17-13(18)10-4-2-3-6-16-10/h2-4,6,9H,5,7-8H2,1H3. The summed E-state index contributed by atoms with van der Waals surface area (Å²) >= 11 is 6.21. The van der Waals surface area contributed by atoms with E-state index in [0.29, 0.717) is 18.1 Å². The van der Waals surface area contributed by atoms with E-state index in [9.17, 15) is 4.79 Å². The highest BCUT2D eigenvalue weighted by molar-refractivity contribution is 6.30. The van der Waals surface area contributed by atoms with Crippen LogP contribution in [0.25, 0.3) is 11.5 Å². The molecule has 0 aliphatic carbocycles. The molecule has 0 bridgehead atoms. The van der Waals surface area contributed by atoms with E-state index in [2.05, 4.69) is 9.97 Å². The molecular formula is C14H14ClN3O2. The number of halogens is 1. The van der Waals surface area contributed by atoms with Gasteiger partial charge in [0.05, 0.1) is 18.7 Å². The smallest absolute Gasteiger partial charge is 0.309 e. The third-order valence-electron chi connectivity index (χ3n) is 3.59. The minimum absolute atomic E-state index is 0.140. The molecule has 0 fully saturated rings. The van der Waals surface area contributed by atoms with E-state index in [-0.39, 0.29) is 11.9 Å². The molecule has 0 spiro atoms. The number of esters is 1. The summed E-state index contributed by atoms with van der Waals surface area (Å²) in [5.41, 5.74) is 1.67. The Labute approximate surface area is 121 Å². The van der Waals surface area contributed by atoms with Gasteiger partial charge in [-0.15, -0.1) is 0 Å². The van der Waals surface area contributed by atoms with Gasteiger partial charge in [0.1, 0.15) is 5.69 Å². The van der Waals surface area contributed by atoms with Crippen molar-refractivity contribution in [1.29, 1.82) is 0 Å². The summed E-state index contributed by atoms with van der Waals surface area (Å²) < 4.78 is 6.86. The maximum atomic E-state index is 11.7. The predicted octanol–water partition coefficient (Wildman–Crippen LogP) is 2.33. The van der Waals surface area contributed by atoms with Crippen molar-refractivity contribution >= 4 is 17.6 Å². The van der Waals surface area contributed by atoms with E-state index in [1.807, 2.05) is 22.8 Å². The van der Waals surface area contributed by atoms with Gasteiger partial charge < -0.3 is 9.30 Å². The second-order valence-electron chi connectivity index (χ2n) is 4.75. The van der Waals surface area contributed by atoms with Crippen LogP contribution in [0.1, 0.15) is 12.1 Å². The van der Waals surface area contributed by atoms with Crippen molar-refractivity contribution in [2.24, 2.45) is 5.92 Å². The molecular weight excluding hydrogens is 278 g/mol. The SMILES string of the molecule is COC(=O)C1CCn2c(-c3ccccn3)nc(Cl)c2C1. The Balaban J connectivity index is 1.98. The van der Waals surface area contributed by atoms with Crippen LogP contribution in [0.2, 0.25) is 5.15 Å². The molecule has 1 aliphatic rings. The van der Waals surface area contributed by atoms with Gasteiger partial charge in [0.2, 0.25) is 0 Å². The monoisotopic (exact) mass is 291 g/mol. The number of hydrogen-bond donors (Lipinski definition) is 0. The molecule has 0 N–H and O–H groups in total. The summed E-state index contributed by atoms with van der Waals surface area (Å²) in [6.45, 7) is 0.695. The quantitative estimate of drug-likeness (QED) is 0.797. The Kier molecular flexibility index (Phi) is 3.44. The van der Waals surface area contributed by atoms with Gasteiger partial charge in [0.15, 0.2) is 11.0 Å². The van der Waals surface area contributed by atoms with Crippen LogP contribution < -0.4 is 0 Å². The van der Waals surface area contributed by atoms with E-state index in [4.69, 9.17) is 16.3 Å². The number of imidazole rings is 1. The van der Waals surface area contributed by atoms with Crippen molar-refractivity contribution in [3.63, 3.8) is 0 Å². The summed E-state index contributed by atoms with van der Waals surface area (Å²) in [5, 5.41) is 0.444. The lowest BCUT2D eigenvalue weighted by Crippen LogP contribution is -2.26. The zero-order valence-electron chi connectivity index (χ0n) is 11.0. The fourth-order valence-corrected chi connectivity index (χ4v) is 2.83. The molecule has 1 unspecified atom stereocenters. The lowest BCUT2D eigenvalue weighted by molar-refractivity contribution is -0.146. The number of rotatable bonds is 2. The van der Waals surface area contributed by atoms with E-state index >= 15 is 0 Å². The van der Waals surface area contributed by atoms with Gasteiger partial charge in [-0.2, -0.15) is 0 Å². The topological polar surface area (TPSA) is 57.0 Å². The fourth-order valence-electron chi connectivity index (χ4n) is 2.57. The Bertz CT molecular complexity index is 639. The Morgan fingerprint density at radius 2 is 2.35 bits per heavy atom. The van der Waals surface area contributed by atoms with Crippen LogP contribution in [0.5, 0.6) is 0 Å². The molecule has 0 aromatic carbocycles. The molecule has 2 aromatic heterocycles. The van der Waals surface area contributed by atoms with Gasteiger partial charge in [-0.1, -0.05) is 17.7 Å². The summed E-state index contributed by atoms with van der Waals surface area (Å²) in [7, 11) is 1.41. The maximum Gasteiger partial charge on any atom is 0.309 e. The lowest BCUT2D eigenvalue weighted by atomic mass is 9.96. The van der Waals surface area contributed by atoms with Gasteiger partial charge in [-0.25, -0.2) is 4.98 Å². The highest BCUT2D eigenvalue weighted by Crippen LogP contribution is 2.31. The molecule has 1 atom stereocenters. The lowest BCUT2D eigenvalue weighted by Gasteiger charge is -2.23. The average molecular weight is 292 g/mol. The van der Waals surface area contributed by atoms with Gasteiger partial charge in [0, 0.05) is 19.2 Å². The second-order valence-corrected chi connectivity index (χ2v) is 5.11. The first-order chi connectivity index (χ1) is 9.70. The fraction of sp³-hybridized carbons (Fsp3) is 0.357. The molecule has 0 saturated heterocycles. The minimum Gasteiger partial charge on any atom is -0.469 e. The average Bonchev–Trinajstić information content (AvgIpc) is 2.84. The summed E-state index contributed by atoms with van der Waals surface area (Å²) in [4.78, 5) is 20.4. The number of fused-ring (bicyclic) bond motifs is 1. The Morgan fingerprint density at radius 3 is 3.05 bits per heavy atom. The highest BCUT2D eigenvalue weighted by atomic mass is 35.5. The molecule has 0 saturated carbocycles. The summed E-state index contributed by atoms with van der Waals surface area (Å²) in [6.07, 6.45) is 3.02. The van der Waals surface area contributed by atoms with Gasteiger partial charge >= 0.3 is 5.97 Å². The highest BCUT2D eigenvalue weighted by Gasteiger charge is 2.30. The predicted molar refractivity (Wildman–Crippen MR) is 74.3 cm³/mol. The third kappa shape index (κ3) is 2.18. The molecule has 0 amide bonds. The van der Waals surface area contributed by atoms with Crippen molar-refractivity contribution in [1.82, 2.24) is 14.5 Å². The zero-order chi connectivity index (χ0) is 14.1. The van der Waals surface area contributed by atoms with Gasteiger partial charge in [0.25, 0.3) is 0 Å². The minimum atomic E-state index is -0.187. The number of hydrogen-bond acceptors (Lipinski definition) is 4. The van der Waals surface area contributed by atoms with Gasteiger partial charge in [-0.3, -0.25) is 9.78 Å². The molecule has 3 heterocycles. The number of pyridine rings is 1. The first kappa shape index (κ1) is 13.1. The second kappa shape index (κ2) is 5.25. The molecule has 1 aliphatic heterocycles. The first-order valence-corrected chi connectivity index (χ1v) is 6.82. The van der Waals surface area contributed by atoms with Gasteiger partial charge in [-0.05, 0) is 18.6 Å². The Morgan fingerprint density at radius 1 is 1.50 bits per heavy atom. The van der Waals surface area contributed by atoms with Crippen LogP contribution in [0.4, 0.5) is 0 Å². The van der Waals surface area contributed by atoms with Crippen LogP contribution in [0.3, 0.4) is 0 Å². The molecule has 104 valence electrons. The number of carbonyl (C=O) groups is 1. The van der Waals surface area contributed by atoms with E-state index in [1.165, 1.54) is 7.11 Å². The van der Waals surface area contributed by atoms with Crippen LogP contribution >= 0.6 is 11.6 Å². The van der Waals surface area contributed by atoms with Crippen molar-refractivity contribution in [3.05, 3.63) is 35.2 Å². The van der Waals surface area contributed by atoms with E-state index in [0.717, 1.165) is 23.6 Å². The van der Waals surface area contributed by atoms with Crippen LogP contribution in [0, 0.1) is 5.92 Å². The van der Waals surface area contributed by atoms with Crippen molar-refractivity contribution in [3.8, 4) is 11.5 Å². The maximum absolute atomic E-state index is 11.7. The van der Waals surface area contributed by atoms with Crippen molar-refractivity contribution in [2.45, 2.75) is 19.4 Å². The zero-order valence-corrected chi connectivity index (χ0v) is 11.8. The summed E-state index contributed by atoms with van der Waals surface area (Å²) in [5.74, 6) is 0.431. The first-order valence-electron chi connectivity index (χ1n) is 6.45. The largest absolute Gasteiger partial charge is 0.469 e. The number of carbonyl (C=O) groups excluding carboxylic acids is 1. The molecule has 5 nitrogen and oxygen atoms in total. The molecule has 3 rings (SSSR count). The number of aromatic nitrogens is 3. The number of nitrogens with zero attached hydrogens (tertiary/aromatic N) is 3. The van der Waals surface area contributed by atoms with Crippen molar-refractivity contribution < 1.29 is 9.53 Å². The normalized spacial score (nSPS) is 17.6.